The van der Waals surface area contributed by atoms with Crippen molar-refractivity contribution in [2.75, 3.05) is 0 Å². The van der Waals surface area contributed by atoms with Gasteiger partial charge in [-0.25, -0.2) is 4.79 Å². The number of hydrogen-bond donors (Lipinski definition) is 0. The predicted octanol–water partition coefficient (Wildman–Crippen LogP) is 1.85. The monoisotopic (exact) mass is 204 g/mol. The molecular formula is C7H9BrO2. The first-order valence-corrected chi connectivity index (χ1v) is 3.98. The first kappa shape index (κ1) is 7.79. The van der Waals surface area contributed by atoms with Crippen LogP contribution in [0.5, 0.6) is 0 Å². The molecule has 1 rings (SSSR count). The molecule has 0 bridgehead atoms. The molecule has 0 amide bonds. The van der Waals surface area contributed by atoms with E-state index in [0.717, 1.165) is 4.48 Å². The highest BCUT2D eigenvalue weighted by Gasteiger charge is 2.26. The maximum atomic E-state index is 10.6. The Kier molecular flexibility index (Phi) is 2.14. The molecule has 1 aliphatic rings. The summed E-state index contributed by atoms with van der Waals surface area (Å²) in [5.41, 5.74) is 0. The molecule has 1 atom stereocenters. The molecule has 1 aliphatic heterocycles. The smallest absolute Gasteiger partial charge is 0.332 e. The second kappa shape index (κ2) is 2.74. The van der Waals surface area contributed by atoms with E-state index in [0.29, 0.717) is 5.92 Å². The Labute approximate surface area is 68.4 Å². The maximum Gasteiger partial charge on any atom is 0.332 e. The summed E-state index contributed by atoms with van der Waals surface area (Å²) in [5.74, 6) is 0.0997. The number of carbonyl (C=O) groups is 1. The number of cyclic esters (lactones) is 1. The van der Waals surface area contributed by atoms with Crippen LogP contribution in [0, 0.1) is 5.92 Å². The van der Waals surface area contributed by atoms with Gasteiger partial charge in [-0.1, -0.05) is 29.8 Å². The second-order valence-electron chi connectivity index (χ2n) is 2.63. The van der Waals surface area contributed by atoms with Crippen molar-refractivity contribution >= 4 is 21.9 Å². The van der Waals surface area contributed by atoms with E-state index in [1.807, 2.05) is 13.8 Å². The van der Waals surface area contributed by atoms with Gasteiger partial charge < -0.3 is 4.74 Å². The van der Waals surface area contributed by atoms with E-state index in [-0.39, 0.29) is 12.1 Å². The van der Waals surface area contributed by atoms with Crippen LogP contribution in [0.1, 0.15) is 13.8 Å². The number of hydrogen-bond acceptors (Lipinski definition) is 2. The van der Waals surface area contributed by atoms with Gasteiger partial charge in [0.25, 0.3) is 0 Å². The summed E-state index contributed by atoms with van der Waals surface area (Å²) < 4.78 is 5.81. The topological polar surface area (TPSA) is 26.3 Å². The fourth-order valence-corrected chi connectivity index (χ4v) is 1.67. The minimum atomic E-state index is -0.245. The molecule has 0 aromatic carbocycles. The van der Waals surface area contributed by atoms with Gasteiger partial charge in [-0.15, -0.1) is 0 Å². The van der Waals surface area contributed by atoms with Crippen molar-refractivity contribution in [2.45, 2.75) is 20.0 Å². The molecule has 0 N–H and O–H groups in total. The van der Waals surface area contributed by atoms with Gasteiger partial charge in [-0.05, 0) is 5.92 Å². The van der Waals surface area contributed by atoms with Crippen molar-refractivity contribution in [1.29, 1.82) is 0 Å². The van der Waals surface area contributed by atoms with E-state index in [4.69, 9.17) is 4.74 Å². The lowest BCUT2D eigenvalue weighted by molar-refractivity contribution is -0.140. The first-order chi connectivity index (χ1) is 4.61. The highest BCUT2D eigenvalue weighted by molar-refractivity contribution is 9.11. The van der Waals surface area contributed by atoms with Gasteiger partial charge >= 0.3 is 5.97 Å². The third kappa shape index (κ3) is 1.40. The number of esters is 1. The number of halogens is 1. The molecule has 0 spiro atoms. The normalized spacial score (nSPS) is 25.0. The van der Waals surface area contributed by atoms with Gasteiger partial charge in [0.15, 0.2) is 0 Å². The van der Waals surface area contributed by atoms with Crippen LogP contribution >= 0.6 is 15.9 Å². The third-order valence-electron chi connectivity index (χ3n) is 1.38. The van der Waals surface area contributed by atoms with Gasteiger partial charge in [0.1, 0.15) is 6.10 Å². The van der Waals surface area contributed by atoms with E-state index in [1.165, 1.54) is 6.08 Å². The van der Waals surface area contributed by atoms with Gasteiger partial charge in [-0.3, -0.25) is 0 Å². The van der Waals surface area contributed by atoms with Crippen LogP contribution in [0.3, 0.4) is 0 Å². The van der Waals surface area contributed by atoms with Crippen LogP contribution in [-0.2, 0) is 9.53 Å². The molecule has 0 fully saturated rings. The Morgan fingerprint density at radius 2 is 2.30 bits per heavy atom. The summed E-state index contributed by atoms with van der Waals surface area (Å²) in [7, 11) is 0. The van der Waals surface area contributed by atoms with Crippen molar-refractivity contribution in [1.82, 2.24) is 0 Å². The summed E-state index contributed by atoms with van der Waals surface area (Å²) in [6.45, 7) is 4.02. The number of rotatable bonds is 1. The molecule has 0 aromatic rings. The summed E-state index contributed by atoms with van der Waals surface area (Å²) in [4.78, 5) is 10.6. The molecule has 1 unspecified atom stereocenters. The van der Waals surface area contributed by atoms with Crippen molar-refractivity contribution in [3.63, 3.8) is 0 Å². The minimum absolute atomic E-state index is 0.0625. The first-order valence-electron chi connectivity index (χ1n) is 3.19. The van der Waals surface area contributed by atoms with Crippen molar-refractivity contribution < 1.29 is 9.53 Å². The highest BCUT2D eigenvalue weighted by atomic mass is 79.9. The number of ether oxygens (including phenoxy) is 1. The molecule has 0 radical (unpaired) electrons. The third-order valence-corrected chi connectivity index (χ3v) is 2.06. The number of carbonyl (C=O) groups excluding carboxylic acids is 1. The largest absolute Gasteiger partial charge is 0.453 e. The van der Waals surface area contributed by atoms with Gasteiger partial charge in [0.05, 0.1) is 0 Å². The van der Waals surface area contributed by atoms with Crippen LogP contribution < -0.4 is 0 Å². The average molecular weight is 205 g/mol. The van der Waals surface area contributed by atoms with Crippen LogP contribution in [0.15, 0.2) is 10.6 Å². The molecule has 0 aliphatic carbocycles. The van der Waals surface area contributed by atoms with E-state index in [2.05, 4.69) is 15.9 Å². The summed E-state index contributed by atoms with van der Waals surface area (Å²) in [6.07, 6.45) is 1.41. The van der Waals surface area contributed by atoms with Gasteiger partial charge in [-0.2, -0.15) is 0 Å². The standard InChI is InChI=1S/C7H9BrO2/c1-4(2)7-5(8)3-6(9)10-7/h3-4,7H,1-2H3. The molecule has 0 saturated carbocycles. The van der Waals surface area contributed by atoms with Crippen molar-refractivity contribution in [3.05, 3.63) is 10.6 Å². The van der Waals surface area contributed by atoms with Gasteiger partial charge in [0.2, 0.25) is 0 Å². The molecule has 1 heterocycles. The molecular weight excluding hydrogens is 196 g/mol. The lowest BCUT2D eigenvalue weighted by Gasteiger charge is -2.13. The summed E-state index contributed by atoms with van der Waals surface area (Å²) in [5, 5.41) is 0. The van der Waals surface area contributed by atoms with E-state index >= 15 is 0 Å². The van der Waals surface area contributed by atoms with Crippen LogP contribution in [-0.4, -0.2) is 12.1 Å². The molecule has 0 aromatic heterocycles. The van der Waals surface area contributed by atoms with E-state index in [9.17, 15) is 4.79 Å². The molecule has 56 valence electrons. The Morgan fingerprint density at radius 3 is 2.50 bits per heavy atom. The lowest BCUT2D eigenvalue weighted by Crippen LogP contribution is -2.16. The summed E-state index contributed by atoms with van der Waals surface area (Å²) >= 11 is 3.26. The predicted molar refractivity (Wildman–Crippen MR) is 41.7 cm³/mol. The van der Waals surface area contributed by atoms with Crippen LogP contribution in [0.2, 0.25) is 0 Å². The fourth-order valence-electron chi connectivity index (χ4n) is 0.865. The zero-order chi connectivity index (χ0) is 7.72. The Bertz CT molecular complexity index is 184. The van der Waals surface area contributed by atoms with Gasteiger partial charge in [0, 0.05) is 10.6 Å². The lowest BCUT2D eigenvalue weighted by atomic mass is 10.1. The Balaban J connectivity index is 2.68. The molecule has 10 heavy (non-hydrogen) atoms. The average Bonchev–Trinajstić information content (AvgIpc) is 2.10. The summed E-state index contributed by atoms with van der Waals surface area (Å²) in [6, 6.07) is 0. The minimum Gasteiger partial charge on any atom is -0.453 e. The quantitative estimate of drug-likeness (QED) is 0.610. The maximum absolute atomic E-state index is 10.6. The zero-order valence-corrected chi connectivity index (χ0v) is 7.51. The van der Waals surface area contributed by atoms with Crippen molar-refractivity contribution in [3.8, 4) is 0 Å². The molecule has 0 saturated heterocycles. The SMILES string of the molecule is CC(C)C1OC(=O)C=C1Br. The molecule has 2 nitrogen and oxygen atoms in total. The second-order valence-corrected chi connectivity index (χ2v) is 3.55. The van der Waals surface area contributed by atoms with E-state index < -0.39 is 0 Å². The Hall–Kier alpha value is -0.310. The van der Waals surface area contributed by atoms with E-state index in [1.54, 1.807) is 0 Å². The fraction of sp³-hybridized carbons (Fsp3) is 0.571. The van der Waals surface area contributed by atoms with Crippen LogP contribution in [0.4, 0.5) is 0 Å². The highest BCUT2D eigenvalue weighted by Crippen LogP contribution is 2.26. The van der Waals surface area contributed by atoms with Crippen LogP contribution in [0.25, 0.3) is 0 Å². The molecule has 3 heteroatoms. The van der Waals surface area contributed by atoms with Crippen molar-refractivity contribution in [2.24, 2.45) is 5.92 Å². The Morgan fingerprint density at radius 1 is 1.70 bits per heavy atom. The zero-order valence-electron chi connectivity index (χ0n) is 5.93.